The number of aryl methyl sites for hydroxylation is 2. The number of benzene rings is 1. The minimum atomic E-state index is 0.0522. The molecule has 100 valence electrons. The first-order valence-electron chi connectivity index (χ1n) is 6.74. The van der Waals surface area contributed by atoms with E-state index >= 15 is 0 Å². The predicted molar refractivity (Wildman–Crippen MR) is 79.9 cm³/mol. The quantitative estimate of drug-likeness (QED) is 0.726. The zero-order valence-corrected chi connectivity index (χ0v) is 11.4. The van der Waals surface area contributed by atoms with Gasteiger partial charge in [-0.2, -0.15) is 0 Å². The fourth-order valence-electron chi connectivity index (χ4n) is 2.54. The number of nitrogens with zero attached hydrogens (tertiary/aromatic N) is 2. The second kappa shape index (κ2) is 5.29. The van der Waals surface area contributed by atoms with Crippen molar-refractivity contribution in [2.24, 2.45) is 0 Å². The number of fused-ring (bicyclic) bond motifs is 1. The highest BCUT2D eigenvalue weighted by atomic mass is 16.1. The SMILES string of the molecule is CC(=O)n1cc(CCc2ccncc2)c2ccccc21. The summed E-state index contributed by atoms with van der Waals surface area (Å²) in [6.45, 7) is 1.60. The third-order valence-electron chi connectivity index (χ3n) is 3.57. The second-order valence-corrected chi connectivity index (χ2v) is 4.92. The first kappa shape index (κ1) is 12.6. The molecule has 3 aromatic rings. The summed E-state index contributed by atoms with van der Waals surface area (Å²) in [5, 5.41) is 1.16. The molecule has 0 N–H and O–H groups in total. The fraction of sp³-hybridized carbons (Fsp3) is 0.176. The Bertz CT molecular complexity index is 744. The number of pyridine rings is 1. The van der Waals surface area contributed by atoms with E-state index in [9.17, 15) is 4.79 Å². The Labute approximate surface area is 117 Å². The maximum Gasteiger partial charge on any atom is 0.227 e. The summed E-state index contributed by atoms with van der Waals surface area (Å²) in [7, 11) is 0. The van der Waals surface area contributed by atoms with Gasteiger partial charge in [0, 0.05) is 30.9 Å². The molecule has 0 atom stereocenters. The number of rotatable bonds is 3. The van der Waals surface area contributed by atoms with Crippen LogP contribution in [0.5, 0.6) is 0 Å². The van der Waals surface area contributed by atoms with Crippen molar-refractivity contribution in [2.45, 2.75) is 19.8 Å². The molecule has 20 heavy (non-hydrogen) atoms. The zero-order chi connectivity index (χ0) is 13.9. The van der Waals surface area contributed by atoms with E-state index in [2.05, 4.69) is 11.1 Å². The lowest BCUT2D eigenvalue weighted by Crippen LogP contribution is -2.02. The van der Waals surface area contributed by atoms with Crippen LogP contribution in [-0.4, -0.2) is 15.5 Å². The Morgan fingerprint density at radius 1 is 1.10 bits per heavy atom. The van der Waals surface area contributed by atoms with E-state index < -0.39 is 0 Å². The molecule has 0 saturated heterocycles. The molecule has 0 aliphatic heterocycles. The van der Waals surface area contributed by atoms with Crippen LogP contribution in [0, 0.1) is 0 Å². The van der Waals surface area contributed by atoms with Crippen molar-refractivity contribution in [3.8, 4) is 0 Å². The van der Waals surface area contributed by atoms with Crippen molar-refractivity contribution in [3.05, 3.63) is 66.1 Å². The van der Waals surface area contributed by atoms with E-state index in [1.807, 2.05) is 48.9 Å². The minimum Gasteiger partial charge on any atom is -0.287 e. The van der Waals surface area contributed by atoms with Crippen molar-refractivity contribution in [1.82, 2.24) is 9.55 Å². The van der Waals surface area contributed by atoms with Crippen LogP contribution in [0.1, 0.15) is 22.8 Å². The lowest BCUT2D eigenvalue weighted by molar-refractivity contribution is 0.0941. The third-order valence-corrected chi connectivity index (χ3v) is 3.57. The van der Waals surface area contributed by atoms with Gasteiger partial charge in [0.2, 0.25) is 5.91 Å². The van der Waals surface area contributed by atoms with Crippen LogP contribution >= 0.6 is 0 Å². The number of hydrogen-bond donors (Lipinski definition) is 0. The Hall–Kier alpha value is -2.42. The lowest BCUT2D eigenvalue weighted by Gasteiger charge is -2.00. The molecule has 0 aliphatic carbocycles. The average molecular weight is 264 g/mol. The molecule has 3 rings (SSSR count). The number of hydrogen-bond acceptors (Lipinski definition) is 2. The molecule has 2 heterocycles. The molecular weight excluding hydrogens is 248 g/mol. The highest BCUT2D eigenvalue weighted by molar-refractivity contribution is 5.93. The highest BCUT2D eigenvalue weighted by Gasteiger charge is 2.10. The number of aromatic nitrogens is 2. The summed E-state index contributed by atoms with van der Waals surface area (Å²) in [5.41, 5.74) is 3.47. The van der Waals surface area contributed by atoms with Gasteiger partial charge in [0.15, 0.2) is 0 Å². The van der Waals surface area contributed by atoms with Gasteiger partial charge in [0.25, 0.3) is 0 Å². The maximum absolute atomic E-state index is 11.7. The van der Waals surface area contributed by atoms with Gasteiger partial charge in [-0.15, -0.1) is 0 Å². The molecule has 0 radical (unpaired) electrons. The molecule has 0 bridgehead atoms. The molecule has 2 aromatic heterocycles. The smallest absolute Gasteiger partial charge is 0.227 e. The Morgan fingerprint density at radius 3 is 2.60 bits per heavy atom. The summed E-state index contributed by atoms with van der Waals surface area (Å²) >= 11 is 0. The average Bonchev–Trinajstić information content (AvgIpc) is 2.85. The first-order chi connectivity index (χ1) is 9.75. The van der Waals surface area contributed by atoms with Crippen molar-refractivity contribution in [2.75, 3.05) is 0 Å². The monoisotopic (exact) mass is 264 g/mol. The molecule has 0 saturated carbocycles. The van der Waals surface area contributed by atoms with Gasteiger partial charge >= 0.3 is 0 Å². The van der Waals surface area contributed by atoms with Gasteiger partial charge in [-0.05, 0) is 42.2 Å². The van der Waals surface area contributed by atoms with Crippen LogP contribution in [0.3, 0.4) is 0 Å². The number of para-hydroxylation sites is 1. The van der Waals surface area contributed by atoms with Gasteiger partial charge in [-0.1, -0.05) is 18.2 Å². The minimum absolute atomic E-state index is 0.0522. The number of carbonyl (C=O) groups excluding carboxylic acids is 1. The van der Waals surface area contributed by atoms with Crippen LogP contribution < -0.4 is 0 Å². The van der Waals surface area contributed by atoms with E-state index in [1.165, 1.54) is 11.1 Å². The zero-order valence-electron chi connectivity index (χ0n) is 11.4. The van der Waals surface area contributed by atoms with Gasteiger partial charge in [-0.3, -0.25) is 14.3 Å². The van der Waals surface area contributed by atoms with Gasteiger partial charge in [0.1, 0.15) is 0 Å². The van der Waals surface area contributed by atoms with Crippen LogP contribution in [-0.2, 0) is 12.8 Å². The Balaban J connectivity index is 1.94. The van der Waals surface area contributed by atoms with Gasteiger partial charge in [-0.25, -0.2) is 0 Å². The summed E-state index contributed by atoms with van der Waals surface area (Å²) in [4.78, 5) is 15.7. The van der Waals surface area contributed by atoms with Crippen molar-refractivity contribution in [3.63, 3.8) is 0 Å². The first-order valence-corrected chi connectivity index (χ1v) is 6.74. The maximum atomic E-state index is 11.7. The van der Waals surface area contributed by atoms with Crippen molar-refractivity contribution >= 4 is 16.8 Å². The van der Waals surface area contributed by atoms with Gasteiger partial charge in [0.05, 0.1) is 5.52 Å². The topological polar surface area (TPSA) is 34.9 Å². The highest BCUT2D eigenvalue weighted by Crippen LogP contribution is 2.22. The second-order valence-electron chi connectivity index (χ2n) is 4.92. The van der Waals surface area contributed by atoms with E-state index in [0.29, 0.717) is 0 Å². The lowest BCUT2D eigenvalue weighted by atomic mass is 10.0. The van der Waals surface area contributed by atoms with Gasteiger partial charge < -0.3 is 0 Å². The summed E-state index contributed by atoms with van der Waals surface area (Å²) in [6.07, 6.45) is 7.47. The number of carbonyl (C=O) groups is 1. The van der Waals surface area contributed by atoms with Crippen LogP contribution in [0.4, 0.5) is 0 Å². The summed E-state index contributed by atoms with van der Waals surface area (Å²) < 4.78 is 1.73. The van der Waals surface area contributed by atoms with Crippen molar-refractivity contribution < 1.29 is 4.79 Å². The molecule has 0 spiro atoms. The molecular formula is C17H16N2O. The normalized spacial score (nSPS) is 10.8. The third kappa shape index (κ3) is 2.35. The van der Waals surface area contributed by atoms with Crippen LogP contribution in [0.15, 0.2) is 55.0 Å². The Kier molecular flexibility index (Phi) is 3.33. The largest absolute Gasteiger partial charge is 0.287 e. The summed E-state index contributed by atoms with van der Waals surface area (Å²) in [6, 6.07) is 12.1. The van der Waals surface area contributed by atoms with Crippen LogP contribution in [0.25, 0.3) is 10.9 Å². The predicted octanol–water partition coefficient (Wildman–Crippen LogP) is 3.48. The molecule has 0 fully saturated rings. The molecule has 3 nitrogen and oxygen atoms in total. The van der Waals surface area contributed by atoms with Crippen molar-refractivity contribution in [1.29, 1.82) is 0 Å². The van der Waals surface area contributed by atoms with E-state index in [4.69, 9.17) is 0 Å². The molecule has 0 amide bonds. The standard InChI is InChI=1S/C17H16N2O/c1-13(20)19-12-15(16-4-2-3-5-17(16)19)7-6-14-8-10-18-11-9-14/h2-5,8-12H,6-7H2,1H3. The molecule has 1 aromatic carbocycles. The van der Waals surface area contributed by atoms with Crippen LogP contribution in [0.2, 0.25) is 0 Å². The molecule has 0 unspecified atom stereocenters. The molecule has 3 heteroatoms. The van der Waals surface area contributed by atoms with E-state index in [1.54, 1.807) is 11.5 Å². The van der Waals surface area contributed by atoms with E-state index in [0.717, 1.165) is 23.7 Å². The summed E-state index contributed by atoms with van der Waals surface area (Å²) in [5.74, 6) is 0.0522. The fourth-order valence-corrected chi connectivity index (χ4v) is 2.54. The van der Waals surface area contributed by atoms with E-state index in [-0.39, 0.29) is 5.91 Å². The Morgan fingerprint density at radius 2 is 1.85 bits per heavy atom. The molecule has 0 aliphatic rings.